The maximum atomic E-state index is 14.0. The number of carboxylic acids is 1. The molecule has 1 aromatic carbocycles. The topological polar surface area (TPSA) is 50.2 Å². The highest BCUT2D eigenvalue weighted by Gasteiger charge is 2.15. The number of hydrogen-bond donors (Lipinski definition) is 1. The lowest BCUT2D eigenvalue weighted by Crippen LogP contribution is -2.02. The molecular formula is C13H10FNO2. The van der Waals surface area contributed by atoms with Crippen molar-refractivity contribution < 1.29 is 14.3 Å². The van der Waals surface area contributed by atoms with Crippen molar-refractivity contribution in [1.29, 1.82) is 0 Å². The van der Waals surface area contributed by atoms with Crippen molar-refractivity contribution >= 4 is 5.97 Å². The number of aromatic nitrogens is 1. The fourth-order valence-corrected chi connectivity index (χ4v) is 1.68. The molecule has 0 aliphatic heterocycles. The van der Waals surface area contributed by atoms with E-state index >= 15 is 0 Å². The Morgan fingerprint density at radius 1 is 1.29 bits per heavy atom. The van der Waals surface area contributed by atoms with Crippen molar-refractivity contribution in [3.63, 3.8) is 0 Å². The van der Waals surface area contributed by atoms with Gasteiger partial charge in [-0.25, -0.2) is 9.18 Å². The number of hydrogen-bond acceptors (Lipinski definition) is 2. The molecule has 17 heavy (non-hydrogen) atoms. The van der Waals surface area contributed by atoms with Crippen molar-refractivity contribution in [2.75, 3.05) is 0 Å². The summed E-state index contributed by atoms with van der Waals surface area (Å²) < 4.78 is 14.0. The molecule has 0 amide bonds. The lowest BCUT2D eigenvalue weighted by atomic mass is 10.00. The fourth-order valence-electron chi connectivity index (χ4n) is 1.68. The lowest BCUT2D eigenvalue weighted by molar-refractivity contribution is 0.0692. The van der Waals surface area contributed by atoms with Crippen LogP contribution in [-0.4, -0.2) is 16.1 Å². The predicted molar refractivity (Wildman–Crippen MR) is 61.3 cm³/mol. The van der Waals surface area contributed by atoms with E-state index < -0.39 is 11.8 Å². The molecule has 0 aliphatic rings. The van der Waals surface area contributed by atoms with E-state index in [4.69, 9.17) is 5.11 Å². The van der Waals surface area contributed by atoms with E-state index in [1.165, 1.54) is 12.1 Å². The van der Waals surface area contributed by atoms with Gasteiger partial charge in [0.15, 0.2) is 0 Å². The third-order valence-corrected chi connectivity index (χ3v) is 2.54. The Bertz CT molecular complexity index is 581. The normalized spacial score (nSPS) is 10.2. The Balaban J connectivity index is 2.65. The Kier molecular flexibility index (Phi) is 2.87. The molecule has 86 valence electrons. The summed E-state index contributed by atoms with van der Waals surface area (Å²) in [6, 6.07) is 6.00. The molecule has 0 saturated carbocycles. The first-order valence-corrected chi connectivity index (χ1v) is 5.04. The molecular weight excluding hydrogens is 221 g/mol. The summed E-state index contributed by atoms with van der Waals surface area (Å²) in [5.74, 6) is -1.98. The van der Waals surface area contributed by atoms with Crippen LogP contribution < -0.4 is 0 Å². The molecule has 2 aromatic rings. The van der Waals surface area contributed by atoms with Gasteiger partial charge in [0, 0.05) is 18.0 Å². The van der Waals surface area contributed by atoms with Gasteiger partial charge in [0.05, 0.1) is 5.56 Å². The van der Waals surface area contributed by atoms with Gasteiger partial charge < -0.3 is 5.11 Å². The highest BCUT2D eigenvalue weighted by Crippen LogP contribution is 2.27. The molecule has 0 bridgehead atoms. The van der Waals surface area contributed by atoms with Crippen LogP contribution in [-0.2, 0) is 0 Å². The minimum atomic E-state index is -1.27. The molecule has 0 atom stereocenters. The van der Waals surface area contributed by atoms with E-state index in [1.54, 1.807) is 31.5 Å². The number of halogens is 1. The second-order valence-corrected chi connectivity index (χ2v) is 3.66. The summed E-state index contributed by atoms with van der Waals surface area (Å²) in [6.07, 6.45) is 3.16. The Morgan fingerprint density at radius 3 is 2.71 bits per heavy atom. The number of pyridine rings is 1. The quantitative estimate of drug-likeness (QED) is 0.864. The first kappa shape index (κ1) is 11.3. The molecule has 4 heteroatoms. The third-order valence-electron chi connectivity index (χ3n) is 2.54. The molecule has 0 radical (unpaired) electrons. The fraction of sp³-hybridized carbons (Fsp3) is 0.0769. The van der Waals surface area contributed by atoms with Gasteiger partial charge in [-0.05, 0) is 30.2 Å². The van der Waals surface area contributed by atoms with E-state index in [0.717, 1.165) is 5.56 Å². The second kappa shape index (κ2) is 4.33. The van der Waals surface area contributed by atoms with E-state index in [2.05, 4.69) is 4.98 Å². The van der Waals surface area contributed by atoms with Crippen LogP contribution in [0.5, 0.6) is 0 Å². The molecule has 0 spiro atoms. The smallest absolute Gasteiger partial charge is 0.338 e. The summed E-state index contributed by atoms with van der Waals surface area (Å²) in [4.78, 5) is 14.8. The SMILES string of the molecule is Cc1cnccc1-c1cccc(C(=O)O)c1F. The highest BCUT2D eigenvalue weighted by molar-refractivity contribution is 5.90. The Morgan fingerprint density at radius 2 is 2.06 bits per heavy atom. The number of carboxylic acid groups (broad SMARTS) is 1. The monoisotopic (exact) mass is 231 g/mol. The molecule has 2 rings (SSSR count). The van der Waals surface area contributed by atoms with Crippen LogP contribution in [0.3, 0.4) is 0 Å². The number of aromatic carboxylic acids is 1. The van der Waals surface area contributed by atoms with Gasteiger partial charge in [-0.2, -0.15) is 0 Å². The number of nitrogens with zero attached hydrogens (tertiary/aromatic N) is 1. The molecule has 1 heterocycles. The highest BCUT2D eigenvalue weighted by atomic mass is 19.1. The van der Waals surface area contributed by atoms with Gasteiger partial charge >= 0.3 is 5.97 Å². The predicted octanol–water partition coefficient (Wildman–Crippen LogP) is 2.89. The van der Waals surface area contributed by atoms with Crippen molar-refractivity contribution in [1.82, 2.24) is 4.98 Å². The lowest BCUT2D eigenvalue weighted by Gasteiger charge is -2.08. The van der Waals surface area contributed by atoms with Crippen molar-refractivity contribution in [3.05, 3.63) is 53.6 Å². The van der Waals surface area contributed by atoms with Gasteiger partial charge in [0.1, 0.15) is 5.82 Å². The van der Waals surface area contributed by atoms with Crippen LogP contribution in [0.2, 0.25) is 0 Å². The largest absolute Gasteiger partial charge is 0.478 e. The maximum absolute atomic E-state index is 14.0. The number of carbonyl (C=O) groups is 1. The molecule has 1 aromatic heterocycles. The number of benzene rings is 1. The maximum Gasteiger partial charge on any atom is 0.338 e. The first-order valence-electron chi connectivity index (χ1n) is 5.04. The minimum Gasteiger partial charge on any atom is -0.478 e. The van der Waals surface area contributed by atoms with Crippen molar-refractivity contribution in [3.8, 4) is 11.1 Å². The average molecular weight is 231 g/mol. The summed E-state index contributed by atoms with van der Waals surface area (Å²) in [7, 11) is 0. The van der Waals surface area contributed by atoms with Crippen LogP contribution in [0.1, 0.15) is 15.9 Å². The van der Waals surface area contributed by atoms with Crippen molar-refractivity contribution in [2.45, 2.75) is 6.92 Å². The van der Waals surface area contributed by atoms with Crippen LogP contribution in [0, 0.1) is 12.7 Å². The summed E-state index contributed by atoms with van der Waals surface area (Å²) >= 11 is 0. The zero-order valence-corrected chi connectivity index (χ0v) is 9.14. The van der Waals surface area contributed by atoms with Gasteiger partial charge in [-0.15, -0.1) is 0 Å². The van der Waals surface area contributed by atoms with Crippen LogP contribution >= 0.6 is 0 Å². The van der Waals surface area contributed by atoms with Crippen LogP contribution in [0.25, 0.3) is 11.1 Å². The van der Waals surface area contributed by atoms with E-state index in [0.29, 0.717) is 5.56 Å². The van der Waals surface area contributed by atoms with Crippen LogP contribution in [0.15, 0.2) is 36.7 Å². The Hall–Kier alpha value is -2.23. The van der Waals surface area contributed by atoms with Gasteiger partial charge in [0.2, 0.25) is 0 Å². The average Bonchev–Trinajstić information content (AvgIpc) is 2.30. The van der Waals surface area contributed by atoms with Gasteiger partial charge in [-0.1, -0.05) is 12.1 Å². The second-order valence-electron chi connectivity index (χ2n) is 3.66. The summed E-state index contributed by atoms with van der Waals surface area (Å²) in [5.41, 5.74) is 1.41. The first-order chi connectivity index (χ1) is 8.11. The van der Waals surface area contributed by atoms with E-state index in [9.17, 15) is 9.18 Å². The molecule has 0 unspecified atom stereocenters. The van der Waals surface area contributed by atoms with Crippen molar-refractivity contribution in [2.24, 2.45) is 0 Å². The van der Waals surface area contributed by atoms with Gasteiger partial charge in [-0.3, -0.25) is 4.98 Å². The van der Waals surface area contributed by atoms with Gasteiger partial charge in [0.25, 0.3) is 0 Å². The molecule has 0 saturated heterocycles. The standard InChI is InChI=1S/C13H10FNO2/c1-8-7-15-6-5-9(8)10-3-2-4-11(12(10)14)13(16)17/h2-7H,1H3,(H,16,17). The zero-order chi connectivity index (χ0) is 12.4. The van der Waals surface area contributed by atoms with E-state index in [1.807, 2.05) is 0 Å². The molecule has 0 aliphatic carbocycles. The van der Waals surface area contributed by atoms with Crippen LogP contribution in [0.4, 0.5) is 4.39 Å². The molecule has 3 nitrogen and oxygen atoms in total. The third kappa shape index (κ3) is 2.01. The molecule has 0 fully saturated rings. The Labute approximate surface area is 97.6 Å². The zero-order valence-electron chi connectivity index (χ0n) is 9.14. The minimum absolute atomic E-state index is 0.282. The summed E-state index contributed by atoms with van der Waals surface area (Å²) in [5, 5.41) is 8.85. The number of rotatable bonds is 2. The molecule has 1 N–H and O–H groups in total. The van der Waals surface area contributed by atoms with E-state index in [-0.39, 0.29) is 11.1 Å². The summed E-state index contributed by atoms with van der Waals surface area (Å²) in [6.45, 7) is 1.80. The number of aryl methyl sites for hydroxylation is 1.